The Balaban J connectivity index is 2.72. The number of unbranched alkanes of at least 4 members (excludes halogenated alkanes) is 50. The topological polar surface area (TPSA) is 80.7 Å². The van der Waals surface area contributed by atoms with E-state index in [1.165, 1.54) is 308 Å². The predicted octanol–water partition coefficient (Wildman–Crippen LogP) is 29.1. The van der Waals surface area contributed by atoms with Crippen molar-refractivity contribution in [1.29, 1.82) is 0 Å². The first-order chi connectivity index (χ1) is 43.9. The van der Waals surface area contributed by atoms with Gasteiger partial charge in [0.05, 0.1) is 17.6 Å². The molecule has 7 unspecified atom stereocenters. The van der Waals surface area contributed by atoms with E-state index in [2.05, 4.69) is 62.0 Å². The minimum atomic E-state index is -0.559. The summed E-state index contributed by atoms with van der Waals surface area (Å²) in [4.78, 5) is 42.1. The number of aldehydes is 1. The molecule has 1 aliphatic rings. The molecule has 0 aliphatic carbocycles. The smallest absolute Gasteiger partial charge is 0.317 e. The van der Waals surface area contributed by atoms with Crippen molar-refractivity contribution < 1.29 is 24.2 Å². The number of ether oxygens (including phenoxy) is 1. The summed E-state index contributed by atoms with van der Waals surface area (Å²) in [7, 11) is 0. The zero-order chi connectivity index (χ0) is 65.9. The van der Waals surface area contributed by atoms with Crippen LogP contribution < -0.4 is 0 Å². The molecule has 0 aromatic rings. The third-order valence-corrected chi connectivity index (χ3v) is 22.6. The molecule has 1 rings (SSSR count). The molecule has 0 aromatic heterocycles. The van der Waals surface area contributed by atoms with Crippen LogP contribution >= 0.6 is 0 Å². The molecule has 1 saturated heterocycles. The van der Waals surface area contributed by atoms with Crippen LogP contribution in [-0.4, -0.2) is 23.3 Å². The van der Waals surface area contributed by atoms with Crippen molar-refractivity contribution in [3.05, 3.63) is 12.3 Å². The normalized spacial score (nSPS) is 16.6. The molecule has 0 radical (unpaired) electrons. The Morgan fingerprint density at radius 2 is 0.678 bits per heavy atom. The molecular formula is C85H162O5. The first-order valence-electron chi connectivity index (χ1n) is 41.5. The highest BCUT2D eigenvalue weighted by atomic mass is 16.6. The summed E-state index contributed by atoms with van der Waals surface area (Å²) in [5.41, 5.74) is 0.0578. The van der Waals surface area contributed by atoms with Gasteiger partial charge in [-0.1, -0.05) is 422 Å². The van der Waals surface area contributed by atoms with Crippen molar-refractivity contribution in [3.63, 3.8) is 0 Å². The second kappa shape index (κ2) is 61.0. The maximum atomic E-state index is 14.2. The van der Waals surface area contributed by atoms with Crippen LogP contribution in [0, 0.1) is 46.3 Å². The van der Waals surface area contributed by atoms with Gasteiger partial charge in [0, 0.05) is 11.8 Å². The monoisotopic (exact) mass is 1260 g/mol. The number of carbonyl (C=O) groups excluding carboxylic acids is 3. The Hall–Kier alpha value is -1.65. The predicted molar refractivity (Wildman–Crippen MR) is 396 cm³/mol. The van der Waals surface area contributed by atoms with Gasteiger partial charge in [-0.2, -0.15) is 0 Å². The van der Waals surface area contributed by atoms with E-state index in [4.69, 9.17) is 4.74 Å². The van der Waals surface area contributed by atoms with E-state index in [0.717, 1.165) is 96.2 Å². The molecule has 5 nitrogen and oxygen atoms in total. The lowest BCUT2D eigenvalue weighted by Crippen LogP contribution is -2.36. The number of carbonyl (C=O) groups is 3. The van der Waals surface area contributed by atoms with Crippen LogP contribution in [0.2, 0.25) is 0 Å². The molecule has 1 heterocycles. The summed E-state index contributed by atoms with van der Waals surface area (Å²) in [5.74, 6) is -2.59. The quantitative estimate of drug-likeness (QED) is 0.0216. The fourth-order valence-electron chi connectivity index (χ4n) is 16.7. The summed E-state index contributed by atoms with van der Waals surface area (Å²) in [6.45, 7) is 22.5. The van der Waals surface area contributed by atoms with Gasteiger partial charge in [-0.3, -0.25) is 9.59 Å². The van der Waals surface area contributed by atoms with E-state index in [0.29, 0.717) is 12.8 Å². The van der Waals surface area contributed by atoms with Gasteiger partial charge < -0.3 is 14.6 Å². The van der Waals surface area contributed by atoms with Gasteiger partial charge in [0.25, 0.3) is 0 Å². The van der Waals surface area contributed by atoms with Crippen LogP contribution in [-0.2, 0) is 19.1 Å². The van der Waals surface area contributed by atoms with Crippen molar-refractivity contribution in [2.75, 3.05) is 0 Å². The number of hydrogen-bond acceptors (Lipinski definition) is 5. The second-order valence-corrected chi connectivity index (χ2v) is 31.3. The SMILES string of the molecule is C=C(O)C(CC(C)(CCC)CCC)C(C=O)C(CCCCCCCCCCCCCCCCCCCCCCCCCCCC)CC1C(=O)OC(=O)C1C(CCCCCCCCCCCCCCCCCCCCCCCCCCCC)CC(C)(CC)CCC. The third-order valence-electron chi connectivity index (χ3n) is 22.6. The maximum Gasteiger partial charge on any atom is 0.317 e. The molecule has 1 N–H and O–H groups in total. The summed E-state index contributed by atoms with van der Waals surface area (Å²) >= 11 is 0. The Kier molecular flexibility index (Phi) is 58.5. The number of allylic oxidation sites excluding steroid dienone is 1. The molecule has 1 fully saturated rings. The Bertz CT molecular complexity index is 1600. The van der Waals surface area contributed by atoms with Gasteiger partial charge in [-0.25, -0.2) is 0 Å². The fraction of sp³-hybridized carbons (Fsp3) is 0.941. The Labute approximate surface area is 564 Å². The Morgan fingerprint density at radius 3 is 0.944 bits per heavy atom. The highest BCUT2D eigenvalue weighted by molar-refractivity contribution is 5.96. The standard InChI is InChI=1S/C85H162O5/c1-10-16-18-20-22-24-26-28-30-32-34-36-38-40-42-44-46-48-50-52-54-56-58-60-62-64-66-76(80(74-86)79(75(7)87)73-85(9,69-13-4)70-14-5)71-78-81(83(89)90-82(78)88)77(72-84(8,15-6)68-12-3)67-65-63-61-59-57-55-53-51-49-47-45-43-41-39-37-35-33-31-29-27-25-23-21-19-17-11-2/h74,76-81,87H,7,10-73H2,1-6,8-9H3. The fourth-order valence-corrected chi connectivity index (χ4v) is 16.7. The van der Waals surface area contributed by atoms with Gasteiger partial charge >= 0.3 is 11.9 Å². The van der Waals surface area contributed by atoms with Crippen LogP contribution in [0.5, 0.6) is 0 Å². The van der Waals surface area contributed by atoms with Crippen LogP contribution in [0.3, 0.4) is 0 Å². The molecule has 1 aliphatic heterocycles. The zero-order valence-corrected chi connectivity index (χ0v) is 62.6. The van der Waals surface area contributed by atoms with Crippen LogP contribution in [0.1, 0.15) is 466 Å². The van der Waals surface area contributed by atoms with Crippen LogP contribution in [0.15, 0.2) is 12.3 Å². The van der Waals surface area contributed by atoms with Crippen LogP contribution in [0.25, 0.3) is 0 Å². The average Bonchev–Trinajstić information content (AvgIpc) is 1.90. The molecule has 0 spiro atoms. The molecule has 90 heavy (non-hydrogen) atoms. The lowest BCUT2D eigenvalue weighted by Gasteiger charge is -2.39. The largest absolute Gasteiger partial charge is 0.513 e. The molecule has 532 valence electrons. The maximum absolute atomic E-state index is 14.2. The summed E-state index contributed by atoms with van der Waals surface area (Å²) in [6, 6.07) is 0. The molecule has 0 amide bonds. The summed E-state index contributed by atoms with van der Waals surface area (Å²) in [6.07, 6.45) is 83.8. The van der Waals surface area contributed by atoms with Gasteiger partial charge in [-0.05, 0) is 74.0 Å². The molecule has 0 bridgehead atoms. The molecule has 5 heteroatoms. The van der Waals surface area contributed by atoms with E-state index >= 15 is 0 Å². The van der Waals surface area contributed by atoms with Crippen LogP contribution in [0.4, 0.5) is 0 Å². The lowest BCUT2D eigenvalue weighted by molar-refractivity contribution is -0.154. The van der Waals surface area contributed by atoms with Crippen molar-refractivity contribution in [3.8, 4) is 0 Å². The van der Waals surface area contributed by atoms with E-state index in [1.807, 2.05) is 0 Å². The minimum absolute atomic E-state index is 0.0260. The van der Waals surface area contributed by atoms with Crippen molar-refractivity contribution in [1.82, 2.24) is 0 Å². The number of esters is 2. The summed E-state index contributed by atoms with van der Waals surface area (Å²) < 4.78 is 5.73. The van der Waals surface area contributed by atoms with Crippen molar-refractivity contribution in [2.45, 2.75) is 466 Å². The molecular weight excluding hydrogens is 1100 g/mol. The van der Waals surface area contributed by atoms with E-state index in [-0.39, 0.29) is 46.3 Å². The second-order valence-electron chi connectivity index (χ2n) is 31.3. The van der Waals surface area contributed by atoms with E-state index in [1.54, 1.807) is 0 Å². The van der Waals surface area contributed by atoms with Crippen molar-refractivity contribution >= 4 is 18.2 Å². The Morgan fingerprint density at radius 1 is 0.400 bits per heavy atom. The third kappa shape index (κ3) is 45.7. The first-order valence-corrected chi connectivity index (χ1v) is 41.5. The molecule has 0 aromatic carbocycles. The molecule has 0 saturated carbocycles. The zero-order valence-electron chi connectivity index (χ0n) is 62.6. The van der Waals surface area contributed by atoms with E-state index in [9.17, 15) is 19.5 Å². The number of aliphatic hydroxyl groups is 1. The number of aliphatic hydroxyl groups excluding tert-OH is 1. The van der Waals surface area contributed by atoms with Gasteiger partial charge in [0.15, 0.2) is 0 Å². The van der Waals surface area contributed by atoms with Crippen molar-refractivity contribution in [2.24, 2.45) is 46.3 Å². The highest BCUT2D eigenvalue weighted by Crippen LogP contribution is 2.48. The van der Waals surface area contributed by atoms with Gasteiger partial charge in [0.2, 0.25) is 0 Å². The number of cyclic esters (lactones) is 2. The van der Waals surface area contributed by atoms with Gasteiger partial charge in [0.1, 0.15) is 6.29 Å². The molecule has 7 atom stereocenters. The highest BCUT2D eigenvalue weighted by Gasteiger charge is 2.51. The summed E-state index contributed by atoms with van der Waals surface area (Å²) in [5, 5.41) is 11.4. The minimum Gasteiger partial charge on any atom is -0.513 e. The lowest BCUT2D eigenvalue weighted by atomic mass is 9.64. The first kappa shape index (κ1) is 86.4. The van der Waals surface area contributed by atoms with Gasteiger partial charge in [-0.15, -0.1) is 0 Å². The average molecular weight is 1260 g/mol. The number of hydrogen-bond donors (Lipinski definition) is 1. The van der Waals surface area contributed by atoms with E-state index < -0.39 is 17.8 Å². The number of rotatable bonds is 72.